The first-order valence-corrected chi connectivity index (χ1v) is 11.5. The second-order valence-electron chi connectivity index (χ2n) is 6.77. The molecule has 0 aliphatic carbocycles. The van der Waals surface area contributed by atoms with Gasteiger partial charge in [-0.2, -0.15) is 0 Å². The minimum absolute atomic E-state index is 0.0249. The van der Waals surface area contributed by atoms with Gasteiger partial charge in [0.15, 0.2) is 0 Å². The first-order valence-electron chi connectivity index (χ1n) is 9.22. The second kappa shape index (κ2) is 10.1. The smallest absolute Gasteiger partial charge is 0.263 e. The molecule has 2 unspecified atom stereocenters. The molecule has 0 bridgehead atoms. The van der Waals surface area contributed by atoms with Crippen molar-refractivity contribution >= 4 is 50.7 Å². The molecule has 0 aliphatic rings. The molecule has 10 heteroatoms. The van der Waals surface area contributed by atoms with Crippen LogP contribution in [0.4, 0.5) is 5.69 Å². The second-order valence-corrected chi connectivity index (χ2v) is 9.27. The van der Waals surface area contributed by atoms with Crippen LogP contribution >= 0.6 is 23.2 Å². The largest absolute Gasteiger partial charge is 0.352 e. The van der Waals surface area contributed by atoms with E-state index in [1.54, 1.807) is 6.92 Å². The first-order chi connectivity index (χ1) is 14.0. The third-order valence-corrected chi connectivity index (χ3v) is 6.44. The van der Waals surface area contributed by atoms with Gasteiger partial charge in [0, 0.05) is 22.3 Å². The fourth-order valence-corrected chi connectivity index (χ4v) is 4.11. The number of benzene rings is 2. The Bertz CT molecular complexity index is 1030. The number of anilines is 1. The topological polar surface area (TPSA) is 104 Å². The molecule has 0 aromatic heterocycles. The SMILES string of the molecule is CCC(C)NC(=O)C(C)NC(=O)c1ccc(Cl)c(S(=O)(=O)Nc2ccc(Cl)cc2)c1. The van der Waals surface area contributed by atoms with Crippen LogP contribution in [-0.4, -0.2) is 32.3 Å². The molecule has 2 aromatic rings. The molecule has 2 aromatic carbocycles. The zero-order valence-corrected chi connectivity index (χ0v) is 19.0. The Morgan fingerprint density at radius 1 is 1.00 bits per heavy atom. The molecule has 30 heavy (non-hydrogen) atoms. The molecule has 0 radical (unpaired) electrons. The maximum atomic E-state index is 12.7. The molecule has 2 rings (SSSR count). The standard InChI is InChI=1S/C20H23Cl2N3O4S/c1-4-12(2)23-19(26)13(3)24-20(27)14-5-10-17(22)18(11-14)30(28,29)25-16-8-6-15(21)7-9-16/h5-13,25H,4H2,1-3H3,(H,23,26)(H,24,27). The van der Waals surface area contributed by atoms with E-state index in [9.17, 15) is 18.0 Å². The quantitative estimate of drug-likeness (QED) is 0.543. The van der Waals surface area contributed by atoms with E-state index in [-0.39, 0.29) is 27.4 Å². The Labute approximate surface area is 186 Å². The van der Waals surface area contributed by atoms with Gasteiger partial charge in [-0.15, -0.1) is 0 Å². The molecule has 7 nitrogen and oxygen atoms in total. The number of hydrogen-bond donors (Lipinski definition) is 3. The predicted octanol–water partition coefficient (Wildman–Crippen LogP) is 3.83. The summed E-state index contributed by atoms with van der Waals surface area (Å²) < 4.78 is 27.9. The summed E-state index contributed by atoms with van der Waals surface area (Å²) in [6.07, 6.45) is 0.755. The highest BCUT2D eigenvalue weighted by Gasteiger charge is 2.22. The monoisotopic (exact) mass is 471 g/mol. The fraction of sp³-hybridized carbons (Fsp3) is 0.300. The Morgan fingerprint density at radius 2 is 1.63 bits per heavy atom. The molecule has 0 fully saturated rings. The van der Waals surface area contributed by atoms with E-state index in [1.165, 1.54) is 36.4 Å². The minimum atomic E-state index is -4.06. The van der Waals surface area contributed by atoms with Crippen molar-refractivity contribution < 1.29 is 18.0 Å². The molecule has 0 saturated carbocycles. The Morgan fingerprint density at radius 3 is 2.23 bits per heavy atom. The minimum Gasteiger partial charge on any atom is -0.352 e. The lowest BCUT2D eigenvalue weighted by Gasteiger charge is -2.18. The van der Waals surface area contributed by atoms with Crippen LogP contribution in [0.1, 0.15) is 37.6 Å². The average Bonchev–Trinajstić information content (AvgIpc) is 2.69. The van der Waals surface area contributed by atoms with Crippen molar-refractivity contribution in [2.24, 2.45) is 0 Å². The zero-order valence-electron chi connectivity index (χ0n) is 16.7. The van der Waals surface area contributed by atoms with Gasteiger partial charge in [-0.1, -0.05) is 30.1 Å². The summed E-state index contributed by atoms with van der Waals surface area (Å²) >= 11 is 11.9. The van der Waals surface area contributed by atoms with Crippen LogP contribution in [0.2, 0.25) is 10.0 Å². The molecule has 162 valence electrons. The van der Waals surface area contributed by atoms with Crippen molar-refractivity contribution in [3.8, 4) is 0 Å². The summed E-state index contributed by atoms with van der Waals surface area (Å²) in [7, 11) is -4.06. The highest BCUT2D eigenvalue weighted by Crippen LogP contribution is 2.25. The molecule has 3 N–H and O–H groups in total. The summed E-state index contributed by atoms with van der Waals surface area (Å²) in [5.41, 5.74) is 0.347. The Kier molecular flexibility index (Phi) is 8.11. The average molecular weight is 472 g/mol. The first kappa shape index (κ1) is 24.0. The summed E-state index contributed by atoms with van der Waals surface area (Å²) in [5.74, 6) is -0.926. The van der Waals surface area contributed by atoms with Crippen LogP contribution in [0.15, 0.2) is 47.4 Å². The summed E-state index contributed by atoms with van der Waals surface area (Å²) in [6, 6.07) is 9.12. The van der Waals surface area contributed by atoms with Gasteiger partial charge in [0.05, 0.1) is 5.02 Å². The van der Waals surface area contributed by atoms with Crippen molar-refractivity contribution in [1.29, 1.82) is 0 Å². The Hall–Kier alpha value is -2.29. The molecule has 0 heterocycles. The van der Waals surface area contributed by atoms with E-state index in [0.717, 1.165) is 12.5 Å². The number of rotatable bonds is 8. The fourth-order valence-electron chi connectivity index (χ4n) is 2.39. The third kappa shape index (κ3) is 6.35. The number of nitrogens with one attached hydrogen (secondary N) is 3. The van der Waals surface area contributed by atoms with Crippen LogP contribution < -0.4 is 15.4 Å². The van der Waals surface area contributed by atoms with Crippen molar-refractivity contribution in [3.05, 3.63) is 58.1 Å². The number of hydrogen-bond acceptors (Lipinski definition) is 4. The number of carbonyl (C=O) groups excluding carboxylic acids is 2. The lowest BCUT2D eigenvalue weighted by molar-refractivity contribution is -0.123. The van der Waals surface area contributed by atoms with Gasteiger partial charge in [-0.25, -0.2) is 8.42 Å². The number of carbonyl (C=O) groups is 2. The van der Waals surface area contributed by atoms with Crippen LogP contribution in [0.3, 0.4) is 0 Å². The zero-order chi connectivity index (χ0) is 22.5. The van der Waals surface area contributed by atoms with Crippen molar-refractivity contribution in [2.75, 3.05) is 4.72 Å². The van der Waals surface area contributed by atoms with E-state index in [0.29, 0.717) is 10.7 Å². The van der Waals surface area contributed by atoms with Gasteiger partial charge in [0.1, 0.15) is 10.9 Å². The lowest BCUT2D eigenvalue weighted by Crippen LogP contribution is -2.47. The van der Waals surface area contributed by atoms with E-state index < -0.39 is 22.0 Å². The van der Waals surface area contributed by atoms with Gasteiger partial charge >= 0.3 is 0 Å². The van der Waals surface area contributed by atoms with Gasteiger partial charge in [0.25, 0.3) is 15.9 Å². The van der Waals surface area contributed by atoms with Crippen LogP contribution in [0.25, 0.3) is 0 Å². The molecule has 2 atom stereocenters. The van der Waals surface area contributed by atoms with Gasteiger partial charge in [0.2, 0.25) is 5.91 Å². The van der Waals surface area contributed by atoms with Crippen LogP contribution in [-0.2, 0) is 14.8 Å². The van der Waals surface area contributed by atoms with Crippen molar-refractivity contribution in [2.45, 2.75) is 44.2 Å². The molecule has 0 saturated heterocycles. The van der Waals surface area contributed by atoms with Crippen molar-refractivity contribution in [1.82, 2.24) is 10.6 Å². The third-order valence-electron chi connectivity index (χ3n) is 4.32. The maximum absolute atomic E-state index is 12.7. The van der Waals surface area contributed by atoms with Crippen LogP contribution in [0.5, 0.6) is 0 Å². The summed E-state index contributed by atoms with van der Waals surface area (Å²) in [5, 5.41) is 5.74. The van der Waals surface area contributed by atoms with Crippen molar-refractivity contribution in [3.63, 3.8) is 0 Å². The highest BCUT2D eigenvalue weighted by atomic mass is 35.5. The number of halogens is 2. The van der Waals surface area contributed by atoms with E-state index in [4.69, 9.17) is 23.2 Å². The Balaban J connectivity index is 2.20. The molecular formula is C20H23Cl2N3O4S. The molecule has 0 spiro atoms. The molecule has 2 amide bonds. The molecule has 0 aliphatic heterocycles. The highest BCUT2D eigenvalue weighted by molar-refractivity contribution is 7.92. The normalized spacial score (nSPS) is 13.2. The van der Waals surface area contributed by atoms with Gasteiger partial charge in [-0.3, -0.25) is 14.3 Å². The predicted molar refractivity (Wildman–Crippen MR) is 119 cm³/mol. The number of sulfonamides is 1. The van der Waals surface area contributed by atoms with Crippen LogP contribution in [0, 0.1) is 0 Å². The summed E-state index contributed by atoms with van der Waals surface area (Å²) in [4.78, 5) is 24.4. The summed E-state index contributed by atoms with van der Waals surface area (Å²) in [6.45, 7) is 5.34. The van der Waals surface area contributed by atoms with Gasteiger partial charge in [-0.05, 0) is 62.7 Å². The number of amides is 2. The van der Waals surface area contributed by atoms with E-state index in [1.807, 2.05) is 13.8 Å². The van der Waals surface area contributed by atoms with Gasteiger partial charge < -0.3 is 10.6 Å². The maximum Gasteiger partial charge on any atom is 0.263 e. The van der Waals surface area contributed by atoms with E-state index >= 15 is 0 Å². The lowest BCUT2D eigenvalue weighted by atomic mass is 10.2. The molecular weight excluding hydrogens is 449 g/mol. The van der Waals surface area contributed by atoms with E-state index in [2.05, 4.69) is 15.4 Å².